The first-order valence-corrected chi connectivity index (χ1v) is 5.80. The molecule has 0 unspecified atom stereocenters. The van der Waals surface area contributed by atoms with Crippen molar-refractivity contribution in [3.63, 3.8) is 0 Å². The second kappa shape index (κ2) is 4.66. The molecule has 0 saturated heterocycles. The topological polar surface area (TPSA) is 12.9 Å². The van der Waals surface area contributed by atoms with E-state index in [1.54, 1.807) is 19.2 Å². The van der Waals surface area contributed by atoms with Gasteiger partial charge >= 0.3 is 0 Å². The number of nitrogens with zero attached hydrogens (tertiary/aromatic N) is 1. The van der Waals surface area contributed by atoms with Crippen LogP contribution in [0.5, 0.6) is 0 Å². The number of rotatable bonds is 2. The summed E-state index contributed by atoms with van der Waals surface area (Å²) in [4.78, 5) is 4.05. The maximum atomic E-state index is 13.5. The molecule has 1 heterocycles. The van der Waals surface area contributed by atoms with E-state index < -0.39 is 0 Å². The Kier molecular flexibility index (Phi) is 3.23. The summed E-state index contributed by atoms with van der Waals surface area (Å²) in [5, 5.41) is 0. The number of hydrogen-bond acceptors (Lipinski definition) is 1. The Morgan fingerprint density at radius 1 is 1.12 bits per heavy atom. The van der Waals surface area contributed by atoms with Crippen molar-refractivity contribution < 1.29 is 4.39 Å². The number of pyridine rings is 1. The number of aryl methyl sites for hydroxylation is 1. The number of benzene rings is 1. The van der Waals surface area contributed by atoms with Gasteiger partial charge in [-0.05, 0) is 30.0 Å². The Hall–Kier alpha value is -1.70. The molecule has 2 heteroatoms. The zero-order chi connectivity index (χ0) is 12.4. The maximum absolute atomic E-state index is 13.5. The maximum Gasteiger partial charge on any atom is 0.145 e. The van der Waals surface area contributed by atoms with Gasteiger partial charge in [0.25, 0.3) is 0 Å². The number of aromatic nitrogens is 1. The Balaban J connectivity index is 2.45. The molecule has 0 fully saturated rings. The van der Waals surface area contributed by atoms with Gasteiger partial charge in [0.2, 0.25) is 0 Å². The zero-order valence-electron chi connectivity index (χ0n) is 10.4. The van der Waals surface area contributed by atoms with Crippen LogP contribution in [0.15, 0.2) is 36.5 Å². The minimum absolute atomic E-state index is 0.252. The smallest absolute Gasteiger partial charge is 0.145 e. The summed E-state index contributed by atoms with van der Waals surface area (Å²) in [6.45, 7) is 5.96. The lowest BCUT2D eigenvalue weighted by Gasteiger charge is -2.08. The molecule has 2 aromatic rings. The molecule has 0 aliphatic carbocycles. The van der Waals surface area contributed by atoms with Gasteiger partial charge in [-0.25, -0.2) is 4.39 Å². The first-order valence-electron chi connectivity index (χ1n) is 5.80. The highest BCUT2D eigenvalue weighted by atomic mass is 19.1. The molecule has 1 nitrogen and oxygen atoms in total. The molecule has 0 radical (unpaired) electrons. The quantitative estimate of drug-likeness (QED) is 0.747. The van der Waals surface area contributed by atoms with Gasteiger partial charge in [-0.1, -0.05) is 38.1 Å². The van der Waals surface area contributed by atoms with E-state index >= 15 is 0 Å². The molecule has 0 bridgehead atoms. The third-order valence-electron chi connectivity index (χ3n) is 2.91. The van der Waals surface area contributed by atoms with Gasteiger partial charge < -0.3 is 0 Å². The highest BCUT2D eigenvalue weighted by molar-refractivity contribution is 5.63. The fourth-order valence-corrected chi connectivity index (χ4v) is 1.74. The van der Waals surface area contributed by atoms with Crippen LogP contribution >= 0.6 is 0 Å². The highest BCUT2D eigenvalue weighted by Gasteiger charge is 2.05. The molecule has 0 aliphatic heterocycles. The van der Waals surface area contributed by atoms with Gasteiger partial charge in [-0.15, -0.1) is 0 Å². The second-order valence-electron chi connectivity index (χ2n) is 4.57. The van der Waals surface area contributed by atoms with Crippen LogP contribution < -0.4 is 0 Å². The molecule has 0 atom stereocenters. The third-order valence-corrected chi connectivity index (χ3v) is 2.91. The summed E-state index contributed by atoms with van der Waals surface area (Å²) in [6, 6.07) is 9.71. The van der Waals surface area contributed by atoms with E-state index in [9.17, 15) is 4.39 Å². The standard InChI is InChI=1S/C15H16FN/c1-10(2)12-5-4-6-13(7-12)14-8-15(16)11(3)17-9-14/h4-10H,1-3H3. The summed E-state index contributed by atoms with van der Waals surface area (Å²) in [7, 11) is 0. The molecule has 1 aromatic carbocycles. The molecule has 17 heavy (non-hydrogen) atoms. The lowest BCUT2D eigenvalue weighted by atomic mass is 9.98. The largest absolute Gasteiger partial charge is 0.258 e. The van der Waals surface area contributed by atoms with E-state index in [0.29, 0.717) is 11.6 Å². The van der Waals surface area contributed by atoms with Crippen LogP contribution in [0.4, 0.5) is 4.39 Å². The predicted octanol–water partition coefficient (Wildman–Crippen LogP) is 4.32. The van der Waals surface area contributed by atoms with Crippen LogP contribution in [0.25, 0.3) is 11.1 Å². The third kappa shape index (κ3) is 2.52. The van der Waals surface area contributed by atoms with Gasteiger partial charge in [0.05, 0.1) is 5.69 Å². The first kappa shape index (κ1) is 11.8. The van der Waals surface area contributed by atoms with E-state index in [1.165, 1.54) is 5.56 Å². The van der Waals surface area contributed by atoms with Crippen LogP contribution in [0.3, 0.4) is 0 Å². The zero-order valence-corrected chi connectivity index (χ0v) is 10.4. The average Bonchev–Trinajstić information content (AvgIpc) is 2.33. The van der Waals surface area contributed by atoms with E-state index in [2.05, 4.69) is 31.0 Å². The normalized spacial score (nSPS) is 10.9. The van der Waals surface area contributed by atoms with Crippen molar-refractivity contribution in [1.29, 1.82) is 0 Å². The van der Waals surface area contributed by atoms with Gasteiger partial charge in [0, 0.05) is 11.8 Å². The van der Waals surface area contributed by atoms with E-state index in [4.69, 9.17) is 0 Å². The lowest BCUT2D eigenvalue weighted by Crippen LogP contribution is -1.91. The van der Waals surface area contributed by atoms with E-state index in [-0.39, 0.29) is 5.82 Å². The van der Waals surface area contributed by atoms with Crippen LogP contribution in [0, 0.1) is 12.7 Å². The summed E-state index contributed by atoms with van der Waals surface area (Å²) in [6.07, 6.45) is 1.72. The Morgan fingerprint density at radius 2 is 1.88 bits per heavy atom. The Labute approximate surface area is 101 Å². The van der Waals surface area contributed by atoms with Crippen molar-refractivity contribution in [2.45, 2.75) is 26.7 Å². The van der Waals surface area contributed by atoms with Gasteiger partial charge in [0.1, 0.15) is 5.82 Å². The van der Waals surface area contributed by atoms with E-state index in [0.717, 1.165) is 11.1 Å². The minimum Gasteiger partial charge on any atom is -0.258 e. The van der Waals surface area contributed by atoms with Crippen molar-refractivity contribution in [1.82, 2.24) is 4.98 Å². The molecular weight excluding hydrogens is 213 g/mol. The SMILES string of the molecule is Cc1ncc(-c2cccc(C(C)C)c2)cc1F. The van der Waals surface area contributed by atoms with E-state index in [1.807, 2.05) is 12.1 Å². The van der Waals surface area contributed by atoms with Gasteiger partial charge in [-0.2, -0.15) is 0 Å². The Morgan fingerprint density at radius 3 is 2.53 bits per heavy atom. The molecule has 0 spiro atoms. The average molecular weight is 229 g/mol. The molecule has 0 saturated carbocycles. The van der Waals surface area contributed by atoms with Gasteiger partial charge in [0.15, 0.2) is 0 Å². The van der Waals surface area contributed by atoms with Crippen LogP contribution in [-0.4, -0.2) is 4.98 Å². The fourth-order valence-electron chi connectivity index (χ4n) is 1.74. The number of halogens is 1. The first-order chi connectivity index (χ1) is 8.08. The lowest BCUT2D eigenvalue weighted by molar-refractivity contribution is 0.610. The van der Waals surface area contributed by atoms with Crippen molar-refractivity contribution in [2.75, 3.05) is 0 Å². The fraction of sp³-hybridized carbons (Fsp3) is 0.267. The molecular formula is C15H16FN. The molecule has 0 amide bonds. The summed E-state index contributed by atoms with van der Waals surface area (Å²) < 4.78 is 13.5. The van der Waals surface area contributed by atoms with Crippen molar-refractivity contribution in [3.8, 4) is 11.1 Å². The molecule has 0 N–H and O–H groups in total. The van der Waals surface area contributed by atoms with Crippen LogP contribution in [-0.2, 0) is 0 Å². The second-order valence-corrected chi connectivity index (χ2v) is 4.57. The molecule has 1 aromatic heterocycles. The summed E-state index contributed by atoms with van der Waals surface area (Å²) >= 11 is 0. The van der Waals surface area contributed by atoms with Crippen molar-refractivity contribution in [3.05, 3.63) is 53.6 Å². The van der Waals surface area contributed by atoms with Gasteiger partial charge in [-0.3, -0.25) is 4.98 Å². The van der Waals surface area contributed by atoms with Crippen molar-refractivity contribution in [2.24, 2.45) is 0 Å². The number of hydrogen-bond donors (Lipinski definition) is 0. The monoisotopic (exact) mass is 229 g/mol. The summed E-state index contributed by atoms with van der Waals surface area (Å²) in [5.74, 6) is 0.218. The molecule has 2 rings (SSSR count). The molecule has 88 valence electrons. The van der Waals surface area contributed by atoms with Crippen LogP contribution in [0.2, 0.25) is 0 Å². The predicted molar refractivity (Wildman–Crippen MR) is 68.5 cm³/mol. The molecule has 0 aliphatic rings. The summed E-state index contributed by atoms with van der Waals surface area (Å²) in [5.41, 5.74) is 3.54. The highest BCUT2D eigenvalue weighted by Crippen LogP contribution is 2.24. The van der Waals surface area contributed by atoms with Crippen LogP contribution in [0.1, 0.15) is 31.0 Å². The van der Waals surface area contributed by atoms with Crippen molar-refractivity contribution >= 4 is 0 Å². The minimum atomic E-state index is -0.252. The Bertz CT molecular complexity index is 532.